The van der Waals surface area contributed by atoms with Crippen LogP contribution in [-0.4, -0.2) is 40.9 Å². The minimum atomic E-state index is 0.00881. The van der Waals surface area contributed by atoms with E-state index in [1.54, 1.807) is 18.5 Å². The van der Waals surface area contributed by atoms with Gasteiger partial charge in [-0.2, -0.15) is 0 Å². The monoisotopic (exact) mass is 327 g/mol. The highest BCUT2D eigenvalue weighted by atomic mass is 16.1. The standard InChI is InChI=1S/C18H25N5O/c1-3-23(2)14-16-7-4-6-15(12-16)13-22-17(24)8-11-21-18-19-9-5-10-20-18/h4-7,9-10,12H,3,8,11,13-14H2,1-2H3,(H,22,24)(H,19,20,21). The first kappa shape index (κ1) is 17.9. The Bertz CT molecular complexity index is 632. The molecule has 0 bridgehead atoms. The molecule has 1 aromatic heterocycles. The summed E-state index contributed by atoms with van der Waals surface area (Å²) in [6.07, 6.45) is 3.72. The molecule has 2 rings (SSSR count). The maximum atomic E-state index is 11.9. The summed E-state index contributed by atoms with van der Waals surface area (Å²) in [6.45, 7) is 5.12. The lowest BCUT2D eigenvalue weighted by molar-refractivity contribution is -0.121. The van der Waals surface area contributed by atoms with Crippen LogP contribution in [-0.2, 0) is 17.9 Å². The Labute approximate surface area is 143 Å². The molecule has 1 heterocycles. The second kappa shape index (κ2) is 9.62. The van der Waals surface area contributed by atoms with E-state index in [9.17, 15) is 4.79 Å². The molecule has 0 aliphatic carbocycles. The quantitative estimate of drug-likeness (QED) is 0.738. The fourth-order valence-corrected chi connectivity index (χ4v) is 2.23. The van der Waals surface area contributed by atoms with Crippen molar-refractivity contribution < 1.29 is 4.79 Å². The Kier molecular flexibility index (Phi) is 7.17. The Hall–Kier alpha value is -2.47. The first-order valence-electron chi connectivity index (χ1n) is 8.21. The van der Waals surface area contributed by atoms with E-state index in [1.165, 1.54) is 5.56 Å². The molecule has 0 saturated carbocycles. The molecule has 0 fully saturated rings. The van der Waals surface area contributed by atoms with Gasteiger partial charge in [0.1, 0.15) is 0 Å². The molecule has 1 amide bonds. The smallest absolute Gasteiger partial charge is 0.222 e. The minimum Gasteiger partial charge on any atom is -0.354 e. The predicted octanol–water partition coefficient (Wildman–Crippen LogP) is 2.05. The molecule has 0 unspecified atom stereocenters. The fourth-order valence-electron chi connectivity index (χ4n) is 2.23. The maximum absolute atomic E-state index is 11.9. The molecule has 0 aliphatic heterocycles. The molecule has 6 heteroatoms. The summed E-state index contributed by atoms with van der Waals surface area (Å²) in [4.78, 5) is 22.3. The Morgan fingerprint density at radius 3 is 2.67 bits per heavy atom. The first-order valence-corrected chi connectivity index (χ1v) is 8.21. The van der Waals surface area contributed by atoms with E-state index in [1.807, 2.05) is 12.1 Å². The Balaban J connectivity index is 1.72. The van der Waals surface area contributed by atoms with Crippen molar-refractivity contribution in [3.05, 3.63) is 53.9 Å². The lowest BCUT2D eigenvalue weighted by Crippen LogP contribution is -2.25. The maximum Gasteiger partial charge on any atom is 0.222 e. The molecule has 2 N–H and O–H groups in total. The molecule has 1 aromatic carbocycles. The molecular formula is C18H25N5O. The van der Waals surface area contributed by atoms with Gasteiger partial charge in [-0.1, -0.05) is 31.2 Å². The van der Waals surface area contributed by atoms with Crippen LogP contribution in [0.25, 0.3) is 0 Å². The molecule has 0 saturated heterocycles. The van der Waals surface area contributed by atoms with Crippen LogP contribution in [0.3, 0.4) is 0 Å². The minimum absolute atomic E-state index is 0.00881. The number of anilines is 1. The summed E-state index contributed by atoms with van der Waals surface area (Å²) >= 11 is 0. The average Bonchev–Trinajstić information content (AvgIpc) is 2.61. The van der Waals surface area contributed by atoms with E-state index in [-0.39, 0.29) is 5.91 Å². The van der Waals surface area contributed by atoms with Crippen LogP contribution in [0.15, 0.2) is 42.7 Å². The van der Waals surface area contributed by atoms with Crippen molar-refractivity contribution >= 4 is 11.9 Å². The number of hydrogen-bond donors (Lipinski definition) is 2. The number of nitrogens with one attached hydrogen (secondary N) is 2. The van der Waals surface area contributed by atoms with Crippen LogP contribution in [0.1, 0.15) is 24.5 Å². The second-order valence-electron chi connectivity index (χ2n) is 5.68. The van der Waals surface area contributed by atoms with Gasteiger partial charge < -0.3 is 15.5 Å². The summed E-state index contributed by atoms with van der Waals surface area (Å²) in [7, 11) is 2.10. The van der Waals surface area contributed by atoms with Gasteiger partial charge in [-0.05, 0) is 30.8 Å². The van der Waals surface area contributed by atoms with E-state index in [4.69, 9.17) is 0 Å². The number of carbonyl (C=O) groups is 1. The highest BCUT2D eigenvalue weighted by Crippen LogP contribution is 2.07. The molecule has 0 aliphatic rings. The Morgan fingerprint density at radius 2 is 1.92 bits per heavy atom. The zero-order valence-electron chi connectivity index (χ0n) is 14.3. The molecule has 6 nitrogen and oxygen atoms in total. The molecule has 2 aromatic rings. The largest absolute Gasteiger partial charge is 0.354 e. The van der Waals surface area contributed by atoms with Gasteiger partial charge in [-0.15, -0.1) is 0 Å². The van der Waals surface area contributed by atoms with Gasteiger partial charge in [-0.25, -0.2) is 9.97 Å². The number of nitrogens with zero attached hydrogens (tertiary/aromatic N) is 3. The summed E-state index contributed by atoms with van der Waals surface area (Å²) in [5, 5.41) is 5.97. The zero-order chi connectivity index (χ0) is 17.2. The molecule has 128 valence electrons. The summed E-state index contributed by atoms with van der Waals surface area (Å²) in [5.74, 6) is 0.549. The van der Waals surface area contributed by atoms with Crippen LogP contribution < -0.4 is 10.6 Å². The lowest BCUT2D eigenvalue weighted by atomic mass is 10.1. The topological polar surface area (TPSA) is 70.2 Å². The Morgan fingerprint density at radius 1 is 1.17 bits per heavy atom. The van der Waals surface area contributed by atoms with Gasteiger partial charge in [0, 0.05) is 38.4 Å². The number of hydrogen-bond acceptors (Lipinski definition) is 5. The highest BCUT2D eigenvalue weighted by Gasteiger charge is 2.03. The van der Waals surface area contributed by atoms with Gasteiger partial charge in [0.05, 0.1) is 0 Å². The average molecular weight is 327 g/mol. The summed E-state index contributed by atoms with van der Waals surface area (Å²) in [6, 6.07) is 10.1. The lowest BCUT2D eigenvalue weighted by Gasteiger charge is -2.14. The van der Waals surface area contributed by atoms with Gasteiger partial charge in [0.15, 0.2) is 0 Å². The van der Waals surface area contributed by atoms with Crippen LogP contribution >= 0.6 is 0 Å². The van der Waals surface area contributed by atoms with Crippen molar-refractivity contribution in [3.8, 4) is 0 Å². The fraction of sp³-hybridized carbons (Fsp3) is 0.389. The molecule has 24 heavy (non-hydrogen) atoms. The number of amides is 1. The van der Waals surface area contributed by atoms with Crippen molar-refractivity contribution in [3.63, 3.8) is 0 Å². The molecule has 0 spiro atoms. The van der Waals surface area contributed by atoms with E-state index < -0.39 is 0 Å². The van der Waals surface area contributed by atoms with E-state index >= 15 is 0 Å². The van der Waals surface area contributed by atoms with Gasteiger partial charge in [0.2, 0.25) is 11.9 Å². The van der Waals surface area contributed by atoms with Crippen LogP contribution in [0, 0.1) is 0 Å². The van der Waals surface area contributed by atoms with E-state index in [2.05, 4.69) is 51.6 Å². The second-order valence-corrected chi connectivity index (χ2v) is 5.68. The molecule has 0 radical (unpaired) electrons. The van der Waals surface area contributed by atoms with Crippen LogP contribution in [0.4, 0.5) is 5.95 Å². The van der Waals surface area contributed by atoms with Crippen molar-refractivity contribution in [1.29, 1.82) is 0 Å². The van der Waals surface area contributed by atoms with Crippen molar-refractivity contribution in [1.82, 2.24) is 20.2 Å². The van der Waals surface area contributed by atoms with Crippen molar-refractivity contribution in [2.75, 3.05) is 25.5 Å². The number of carbonyl (C=O) groups excluding carboxylic acids is 1. The number of aromatic nitrogens is 2. The normalized spacial score (nSPS) is 10.6. The van der Waals surface area contributed by atoms with E-state index in [0.717, 1.165) is 18.7 Å². The van der Waals surface area contributed by atoms with Gasteiger partial charge in [-0.3, -0.25) is 4.79 Å². The highest BCUT2D eigenvalue weighted by molar-refractivity contribution is 5.76. The predicted molar refractivity (Wildman–Crippen MR) is 95.4 cm³/mol. The van der Waals surface area contributed by atoms with Gasteiger partial charge >= 0.3 is 0 Å². The van der Waals surface area contributed by atoms with Gasteiger partial charge in [0.25, 0.3) is 0 Å². The van der Waals surface area contributed by atoms with Crippen molar-refractivity contribution in [2.24, 2.45) is 0 Å². The van der Waals surface area contributed by atoms with E-state index in [0.29, 0.717) is 25.5 Å². The summed E-state index contributed by atoms with van der Waals surface area (Å²) in [5.41, 5.74) is 2.37. The first-order chi connectivity index (χ1) is 11.7. The zero-order valence-corrected chi connectivity index (χ0v) is 14.3. The third kappa shape index (κ3) is 6.34. The third-order valence-electron chi connectivity index (χ3n) is 3.67. The number of rotatable bonds is 9. The van der Waals surface area contributed by atoms with Crippen molar-refractivity contribution in [2.45, 2.75) is 26.4 Å². The number of benzene rings is 1. The SMILES string of the molecule is CCN(C)Cc1cccc(CNC(=O)CCNc2ncccn2)c1. The summed E-state index contributed by atoms with van der Waals surface area (Å²) < 4.78 is 0. The third-order valence-corrected chi connectivity index (χ3v) is 3.67. The molecule has 0 atom stereocenters. The van der Waals surface area contributed by atoms with Crippen LogP contribution in [0.2, 0.25) is 0 Å². The molecular weight excluding hydrogens is 302 g/mol. The van der Waals surface area contributed by atoms with Crippen LogP contribution in [0.5, 0.6) is 0 Å².